The van der Waals surface area contributed by atoms with Crippen LogP contribution in [0, 0.1) is 0 Å². The zero-order valence-corrected chi connectivity index (χ0v) is 14.4. The maximum absolute atomic E-state index is 10.7. The molecular weight excluding hydrogens is 358 g/mol. The molecule has 12 nitrogen and oxygen atoms in total. The highest BCUT2D eigenvalue weighted by Crippen LogP contribution is 2.34. The fourth-order valence-electron chi connectivity index (χ4n) is 2.87. The number of aliphatic hydroxyl groups excluding tert-OH is 2. The van der Waals surface area contributed by atoms with E-state index in [-0.39, 0.29) is 24.0 Å². The molecule has 3 heterocycles. The highest BCUT2D eigenvalue weighted by atomic mass is 16.5. The van der Waals surface area contributed by atoms with Crippen molar-refractivity contribution in [3.63, 3.8) is 0 Å². The van der Waals surface area contributed by atoms with Crippen molar-refractivity contribution >= 4 is 23.0 Å². The molecule has 2 aromatic heterocycles. The Morgan fingerprint density at radius 1 is 1.37 bits per heavy atom. The van der Waals surface area contributed by atoms with E-state index in [9.17, 15) is 20.1 Å². The summed E-state index contributed by atoms with van der Waals surface area (Å²) in [6.45, 7) is 0. The van der Waals surface area contributed by atoms with Crippen LogP contribution in [0.3, 0.4) is 0 Å². The molecule has 1 saturated heterocycles. The van der Waals surface area contributed by atoms with Gasteiger partial charge < -0.3 is 42.1 Å². The number of quaternary nitrogens is 2. The van der Waals surface area contributed by atoms with Gasteiger partial charge in [0.25, 0.3) is 0 Å². The molecule has 0 radical (unpaired) electrons. The van der Waals surface area contributed by atoms with Crippen LogP contribution in [0.2, 0.25) is 0 Å². The second kappa shape index (κ2) is 7.44. The Labute approximate surface area is 153 Å². The van der Waals surface area contributed by atoms with Crippen molar-refractivity contribution in [2.45, 2.75) is 43.4 Å². The van der Waals surface area contributed by atoms with Crippen molar-refractivity contribution in [3.8, 4) is 0 Å². The number of aliphatic hydroxyl groups is 2. The first-order valence-electron chi connectivity index (χ1n) is 8.34. The molecular formula is C15H22N7O5+. The predicted molar refractivity (Wildman–Crippen MR) is 87.5 cm³/mol. The Morgan fingerprint density at radius 3 is 2.81 bits per heavy atom. The summed E-state index contributed by atoms with van der Waals surface area (Å²) in [4.78, 5) is 22.8. The zero-order chi connectivity index (χ0) is 19.7. The number of imidazole rings is 1. The fraction of sp³-hybridized carbons (Fsp3) is 0.467. The lowest BCUT2D eigenvalue weighted by molar-refractivity contribution is -0.444. The number of nitrogens with two attached hydrogens (primary N) is 1. The number of hydrogen-bond acceptors (Lipinski definition) is 9. The Bertz CT molecular complexity index is 869. The van der Waals surface area contributed by atoms with Gasteiger partial charge in [-0.1, -0.05) is 0 Å². The van der Waals surface area contributed by atoms with Crippen LogP contribution in [0.4, 0.5) is 5.82 Å². The smallest absolute Gasteiger partial charge is 0.207 e. The van der Waals surface area contributed by atoms with Crippen molar-refractivity contribution in [2.24, 2.45) is 0 Å². The molecule has 1 aliphatic rings. The lowest BCUT2D eigenvalue weighted by atomic mass is 10.1. The van der Waals surface area contributed by atoms with Gasteiger partial charge in [-0.05, 0) is 0 Å². The number of aliphatic carboxylic acids is 1. The minimum Gasteiger partial charge on any atom is -0.544 e. The largest absolute Gasteiger partial charge is 0.544 e. The number of nitrogens with zero attached hydrogens (tertiary/aromatic N) is 4. The molecule has 146 valence electrons. The van der Waals surface area contributed by atoms with Gasteiger partial charge in [0, 0.05) is 18.9 Å². The normalized spacial score (nSPS) is 26.2. The molecule has 0 bridgehead atoms. The highest BCUT2D eigenvalue weighted by Gasteiger charge is 2.42. The van der Waals surface area contributed by atoms with Gasteiger partial charge in [0.2, 0.25) is 6.23 Å². The summed E-state index contributed by atoms with van der Waals surface area (Å²) in [7, 11) is 0. The number of hydrogen-bond donors (Lipinski definition) is 5. The summed E-state index contributed by atoms with van der Waals surface area (Å²) < 4.78 is 7.16. The first-order valence-corrected chi connectivity index (χ1v) is 8.34. The van der Waals surface area contributed by atoms with E-state index in [4.69, 9.17) is 10.5 Å². The van der Waals surface area contributed by atoms with Crippen molar-refractivity contribution in [2.75, 3.05) is 5.73 Å². The summed E-state index contributed by atoms with van der Waals surface area (Å²) in [6.07, 6.45) is 1.40. The van der Waals surface area contributed by atoms with Gasteiger partial charge in [-0.3, -0.25) is 4.57 Å². The summed E-state index contributed by atoms with van der Waals surface area (Å²) >= 11 is 0. The SMILES string of the molecule is Nc1ncnc2c1ncn2C1O/C(=C/C([NH3+])CCC([NH3+])C(=O)[O-])C(O)C1O. The molecule has 12 heteroatoms. The number of ether oxygens (including phenoxy) is 1. The van der Waals surface area contributed by atoms with Crippen molar-refractivity contribution in [1.29, 1.82) is 0 Å². The van der Waals surface area contributed by atoms with Gasteiger partial charge in [-0.15, -0.1) is 0 Å². The van der Waals surface area contributed by atoms with Gasteiger partial charge >= 0.3 is 0 Å². The second-order valence-corrected chi connectivity index (χ2v) is 6.45. The average molecular weight is 380 g/mol. The Morgan fingerprint density at radius 2 is 2.11 bits per heavy atom. The molecule has 27 heavy (non-hydrogen) atoms. The van der Waals surface area contributed by atoms with Crippen LogP contribution in [-0.2, 0) is 9.53 Å². The minimum absolute atomic E-state index is 0.144. The summed E-state index contributed by atoms with van der Waals surface area (Å²) in [5.41, 5.74) is 13.9. The number of anilines is 1. The standard InChI is InChI=1S/C15H21N7O5/c16-6(1-2-7(17)15(25)26)3-8-10(23)11(24)14(27-8)22-5-21-9-12(18)19-4-20-13(9)22/h3-7,10-11,14,23-24H,1-2,16-17H2,(H,25,26)(H2,18,19,20)/p+1/b8-3+. The predicted octanol–water partition coefficient (Wildman–Crippen LogP) is -4.71. The number of fused-ring (bicyclic) bond motifs is 1. The monoisotopic (exact) mass is 380 g/mol. The number of carboxylic acids is 1. The zero-order valence-electron chi connectivity index (χ0n) is 14.4. The van der Waals surface area contributed by atoms with E-state index in [0.29, 0.717) is 17.6 Å². The first kappa shape index (κ1) is 19.0. The van der Waals surface area contributed by atoms with Crippen molar-refractivity contribution < 1.29 is 36.3 Å². The Hall–Kier alpha value is -2.80. The van der Waals surface area contributed by atoms with Crippen LogP contribution in [0.1, 0.15) is 19.1 Å². The van der Waals surface area contributed by atoms with E-state index in [1.165, 1.54) is 17.2 Å². The van der Waals surface area contributed by atoms with Crippen molar-refractivity contribution in [3.05, 3.63) is 24.5 Å². The van der Waals surface area contributed by atoms with E-state index in [2.05, 4.69) is 26.4 Å². The molecule has 0 amide bonds. The Balaban J connectivity index is 1.77. The maximum atomic E-state index is 10.7. The molecule has 1 aliphatic heterocycles. The molecule has 10 N–H and O–H groups in total. The molecule has 0 spiro atoms. The van der Waals surface area contributed by atoms with Crippen LogP contribution in [-0.4, -0.2) is 60.0 Å². The van der Waals surface area contributed by atoms with Crippen molar-refractivity contribution in [1.82, 2.24) is 19.5 Å². The number of aromatic nitrogens is 4. The third-order valence-corrected chi connectivity index (χ3v) is 4.44. The maximum Gasteiger partial charge on any atom is 0.207 e. The van der Waals surface area contributed by atoms with E-state index >= 15 is 0 Å². The van der Waals surface area contributed by atoms with Gasteiger partial charge in [0.1, 0.15) is 48.2 Å². The van der Waals surface area contributed by atoms with E-state index in [1.807, 2.05) is 0 Å². The lowest BCUT2D eigenvalue weighted by Gasteiger charge is -2.15. The second-order valence-electron chi connectivity index (χ2n) is 6.45. The molecule has 3 rings (SSSR count). The molecule has 0 aromatic carbocycles. The van der Waals surface area contributed by atoms with Gasteiger partial charge in [0.15, 0.2) is 11.5 Å². The average Bonchev–Trinajstić information content (AvgIpc) is 3.17. The van der Waals surface area contributed by atoms with E-state index in [0.717, 1.165) is 0 Å². The molecule has 2 aromatic rings. The summed E-state index contributed by atoms with van der Waals surface area (Å²) in [5.74, 6) is -0.891. The highest BCUT2D eigenvalue weighted by molar-refractivity contribution is 5.81. The quantitative estimate of drug-likeness (QED) is 0.325. The number of nitrogen functional groups attached to an aromatic ring is 1. The van der Waals surface area contributed by atoms with E-state index < -0.39 is 30.4 Å². The van der Waals surface area contributed by atoms with Gasteiger partial charge in [-0.2, -0.15) is 0 Å². The molecule has 0 aliphatic carbocycles. The van der Waals surface area contributed by atoms with E-state index in [1.54, 1.807) is 6.08 Å². The third kappa shape index (κ3) is 3.68. The van der Waals surface area contributed by atoms with Crippen LogP contribution >= 0.6 is 0 Å². The molecule has 0 saturated carbocycles. The van der Waals surface area contributed by atoms with Crippen LogP contribution in [0.25, 0.3) is 11.2 Å². The number of rotatable bonds is 6. The number of carboxylic acid groups (broad SMARTS) is 1. The Kier molecular flexibility index (Phi) is 5.23. The molecule has 5 atom stereocenters. The van der Waals surface area contributed by atoms with Gasteiger partial charge in [0.05, 0.1) is 5.97 Å². The number of carbonyl (C=O) groups is 1. The van der Waals surface area contributed by atoms with Crippen LogP contribution in [0.15, 0.2) is 24.5 Å². The topological polar surface area (TPSA) is 215 Å². The summed E-state index contributed by atoms with van der Waals surface area (Å²) in [6, 6.07) is -1.19. The van der Waals surface area contributed by atoms with Gasteiger partial charge in [-0.25, -0.2) is 15.0 Å². The molecule has 5 unspecified atom stereocenters. The molecule has 1 fully saturated rings. The lowest BCUT2D eigenvalue weighted by Crippen LogP contribution is -2.69. The summed E-state index contributed by atoms with van der Waals surface area (Å²) in [5, 5.41) is 31.4. The fourth-order valence-corrected chi connectivity index (χ4v) is 2.87. The third-order valence-electron chi connectivity index (χ3n) is 4.44. The van der Waals surface area contributed by atoms with Crippen LogP contribution < -0.4 is 22.3 Å². The minimum atomic E-state index is -1.27. The first-order chi connectivity index (χ1) is 12.8. The number of carbonyl (C=O) groups excluding carboxylic acids is 1. The van der Waals surface area contributed by atoms with Crippen LogP contribution in [0.5, 0.6) is 0 Å².